The summed E-state index contributed by atoms with van der Waals surface area (Å²) in [6.07, 6.45) is 3.19. The van der Waals surface area contributed by atoms with Crippen LogP contribution in [0.1, 0.15) is 44.7 Å². The van der Waals surface area contributed by atoms with Crippen LogP contribution in [0.4, 0.5) is 0 Å². The topological polar surface area (TPSA) is 23.5 Å². The van der Waals surface area contributed by atoms with Crippen molar-refractivity contribution in [1.82, 2.24) is 4.90 Å². The van der Waals surface area contributed by atoms with Gasteiger partial charge in [0.15, 0.2) is 0 Å². The Hall–Kier alpha value is -0.860. The van der Waals surface area contributed by atoms with Crippen molar-refractivity contribution in [1.29, 1.82) is 0 Å². The molecule has 1 aromatic carbocycles. The second kappa shape index (κ2) is 5.65. The highest BCUT2D eigenvalue weighted by atomic mass is 16.3. The number of aliphatic hydroxyl groups excluding tert-OH is 1. The first-order chi connectivity index (χ1) is 8.18. The first-order valence-electron chi connectivity index (χ1n) is 6.67. The van der Waals surface area contributed by atoms with Crippen LogP contribution in [0.3, 0.4) is 0 Å². The highest BCUT2D eigenvalue weighted by Gasteiger charge is 2.29. The lowest BCUT2D eigenvalue weighted by Gasteiger charge is -2.31. The molecule has 0 saturated carbocycles. The van der Waals surface area contributed by atoms with Gasteiger partial charge < -0.3 is 5.11 Å². The number of nitrogens with zero attached hydrogens (tertiary/aromatic N) is 1. The van der Waals surface area contributed by atoms with Gasteiger partial charge in [0.2, 0.25) is 0 Å². The molecule has 1 heterocycles. The van der Waals surface area contributed by atoms with E-state index in [4.69, 9.17) is 0 Å². The first-order valence-corrected chi connectivity index (χ1v) is 6.67. The number of hydrogen-bond acceptors (Lipinski definition) is 2. The fourth-order valence-electron chi connectivity index (χ4n) is 2.94. The van der Waals surface area contributed by atoms with E-state index in [-0.39, 0.29) is 6.10 Å². The third-order valence-corrected chi connectivity index (χ3v) is 3.82. The van der Waals surface area contributed by atoms with Gasteiger partial charge in [-0.3, -0.25) is 4.90 Å². The van der Waals surface area contributed by atoms with Gasteiger partial charge in [0, 0.05) is 12.1 Å². The van der Waals surface area contributed by atoms with E-state index in [0.29, 0.717) is 12.1 Å². The summed E-state index contributed by atoms with van der Waals surface area (Å²) < 4.78 is 0. The van der Waals surface area contributed by atoms with Crippen molar-refractivity contribution in [2.75, 3.05) is 6.54 Å². The number of rotatable bonds is 4. The maximum atomic E-state index is 9.56. The van der Waals surface area contributed by atoms with Gasteiger partial charge in [0.25, 0.3) is 0 Å². The van der Waals surface area contributed by atoms with Crippen LogP contribution in [-0.4, -0.2) is 28.7 Å². The van der Waals surface area contributed by atoms with Gasteiger partial charge in [0.1, 0.15) is 0 Å². The lowest BCUT2D eigenvalue weighted by molar-refractivity contribution is 0.114. The molecule has 2 heteroatoms. The van der Waals surface area contributed by atoms with Crippen molar-refractivity contribution in [2.24, 2.45) is 0 Å². The predicted octanol–water partition coefficient (Wildman–Crippen LogP) is 2.98. The van der Waals surface area contributed by atoms with E-state index in [1.807, 2.05) is 6.92 Å². The fourth-order valence-corrected chi connectivity index (χ4v) is 2.94. The predicted molar refractivity (Wildman–Crippen MR) is 70.9 cm³/mol. The van der Waals surface area contributed by atoms with Crippen LogP contribution in [0, 0.1) is 0 Å². The number of hydrogen-bond donors (Lipinski definition) is 1. The summed E-state index contributed by atoms with van der Waals surface area (Å²) in [6, 6.07) is 11.7. The average Bonchev–Trinajstić information content (AvgIpc) is 2.76. The molecule has 2 nitrogen and oxygen atoms in total. The van der Waals surface area contributed by atoms with E-state index >= 15 is 0 Å². The lowest BCUT2D eigenvalue weighted by Crippen LogP contribution is -2.34. The van der Waals surface area contributed by atoms with Gasteiger partial charge in [-0.1, -0.05) is 30.3 Å². The molecule has 1 aliphatic heterocycles. The van der Waals surface area contributed by atoms with Crippen molar-refractivity contribution in [3.05, 3.63) is 35.9 Å². The molecule has 2 rings (SSSR count). The Kier molecular flexibility index (Phi) is 4.19. The summed E-state index contributed by atoms with van der Waals surface area (Å²) in [5, 5.41) is 9.56. The van der Waals surface area contributed by atoms with Gasteiger partial charge in [-0.05, 0) is 45.2 Å². The van der Waals surface area contributed by atoms with Crippen LogP contribution >= 0.6 is 0 Å². The van der Waals surface area contributed by atoms with Crippen LogP contribution in [0.15, 0.2) is 30.3 Å². The van der Waals surface area contributed by atoms with Crippen LogP contribution in [-0.2, 0) is 0 Å². The summed E-state index contributed by atoms with van der Waals surface area (Å²) >= 11 is 0. The van der Waals surface area contributed by atoms with Gasteiger partial charge in [-0.2, -0.15) is 0 Å². The van der Waals surface area contributed by atoms with Gasteiger partial charge in [0.05, 0.1) is 6.10 Å². The molecule has 0 bridgehead atoms. The molecule has 1 aromatic rings. The quantitative estimate of drug-likeness (QED) is 0.864. The molecular weight excluding hydrogens is 210 g/mol. The molecular formula is C15H23NO. The van der Waals surface area contributed by atoms with E-state index in [2.05, 4.69) is 42.2 Å². The Labute approximate surface area is 104 Å². The van der Waals surface area contributed by atoms with E-state index in [0.717, 1.165) is 13.0 Å². The minimum atomic E-state index is -0.191. The third-order valence-electron chi connectivity index (χ3n) is 3.82. The number of benzene rings is 1. The molecule has 3 atom stereocenters. The van der Waals surface area contributed by atoms with E-state index in [1.165, 1.54) is 18.4 Å². The maximum Gasteiger partial charge on any atom is 0.0527 e. The van der Waals surface area contributed by atoms with Crippen molar-refractivity contribution in [2.45, 2.75) is 51.3 Å². The second-order valence-electron chi connectivity index (χ2n) is 5.21. The average molecular weight is 233 g/mol. The zero-order valence-corrected chi connectivity index (χ0v) is 10.8. The van der Waals surface area contributed by atoms with Crippen LogP contribution in [0.25, 0.3) is 0 Å². The fraction of sp³-hybridized carbons (Fsp3) is 0.600. The molecule has 3 unspecified atom stereocenters. The monoisotopic (exact) mass is 233 g/mol. The zero-order valence-electron chi connectivity index (χ0n) is 10.8. The largest absolute Gasteiger partial charge is 0.393 e. The Balaban J connectivity index is 2.05. The molecule has 0 aliphatic carbocycles. The van der Waals surface area contributed by atoms with Crippen LogP contribution < -0.4 is 0 Å². The van der Waals surface area contributed by atoms with E-state index in [9.17, 15) is 5.11 Å². The van der Waals surface area contributed by atoms with Crippen LogP contribution in [0.5, 0.6) is 0 Å². The summed E-state index contributed by atoms with van der Waals surface area (Å²) in [4.78, 5) is 2.54. The minimum absolute atomic E-state index is 0.191. The zero-order chi connectivity index (χ0) is 12.3. The van der Waals surface area contributed by atoms with Crippen molar-refractivity contribution < 1.29 is 5.11 Å². The molecule has 0 aromatic heterocycles. The first kappa shape index (κ1) is 12.6. The van der Waals surface area contributed by atoms with Gasteiger partial charge in [-0.15, -0.1) is 0 Å². The smallest absolute Gasteiger partial charge is 0.0527 e. The Morgan fingerprint density at radius 2 is 2.00 bits per heavy atom. The summed E-state index contributed by atoms with van der Waals surface area (Å²) in [5.41, 5.74) is 1.38. The van der Waals surface area contributed by atoms with E-state index in [1.54, 1.807) is 0 Å². The van der Waals surface area contributed by atoms with Crippen molar-refractivity contribution in [3.63, 3.8) is 0 Å². The van der Waals surface area contributed by atoms with Crippen LogP contribution in [0.2, 0.25) is 0 Å². The molecule has 1 N–H and O–H groups in total. The Morgan fingerprint density at radius 3 is 2.65 bits per heavy atom. The minimum Gasteiger partial charge on any atom is -0.393 e. The highest BCUT2D eigenvalue weighted by molar-refractivity contribution is 5.18. The number of likely N-dealkylation sites (tertiary alicyclic amines) is 1. The standard InChI is InChI=1S/C15H23NO/c1-12(17)11-15-9-6-10-16(15)13(2)14-7-4-3-5-8-14/h3-5,7-8,12-13,15,17H,6,9-11H2,1-2H3. The lowest BCUT2D eigenvalue weighted by atomic mass is 10.0. The normalized spacial score (nSPS) is 24.8. The second-order valence-corrected chi connectivity index (χ2v) is 5.21. The molecule has 0 spiro atoms. The third kappa shape index (κ3) is 3.08. The molecule has 0 amide bonds. The molecule has 94 valence electrons. The Bertz CT molecular complexity index is 336. The maximum absolute atomic E-state index is 9.56. The SMILES string of the molecule is CC(O)CC1CCCN1C(C)c1ccccc1. The summed E-state index contributed by atoms with van der Waals surface area (Å²) in [6.45, 7) is 5.33. The van der Waals surface area contributed by atoms with Gasteiger partial charge >= 0.3 is 0 Å². The molecule has 0 radical (unpaired) electrons. The Morgan fingerprint density at radius 1 is 1.29 bits per heavy atom. The summed E-state index contributed by atoms with van der Waals surface area (Å²) in [7, 11) is 0. The van der Waals surface area contributed by atoms with E-state index < -0.39 is 0 Å². The molecule has 17 heavy (non-hydrogen) atoms. The molecule has 1 fully saturated rings. The van der Waals surface area contributed by atoms with Crippen molar-refractivity contribution >= 4 is 0 Å². The highest BCUT2D eigenvalue weighted by Crippen LogP contribution is 2.31. The number of aliphatic hydroxyl groups is 1. The van der Waals surface area contributed by atoms with Crippen molar-refractivity contribution in [3.8, 4) is 0 Å². The molecule has 1 saturated heterocycles. The molecule has 1 aliphatic rings. The summed E-state index contributed by atoms with van der Waals surface area (Å²) in [5.74, 6) is 0. The van der Waals surface area contributed by atoms with Gasteiger partial charge in [-0.25, -0.2) is 0 Å².